The van der Waals surface area contributed by atoms with E-state index in [9.17, 15) is 9.18 Å². The first-order chi connectivity index (χ1) is 10.1. The van der Waals surface area contributed by atoms with Gasteiger partial charge in [-0.05, 0) is 25.8 Å². The van der Waals surface area contributed by atoms with Crippen LogP contribution >= 0.6 is 0 Å². The van der Waals surface area contributed by atoms with Gasteiger partial charge in [-0.25, -0.2) is 4.39 Å². The van der Waals surface area contributed by atoms with E-state index in [4.69, 9.17) is 14.8 Å². The maximum absolute atomic E-state index is 14.2. The molecule has 21 heavy (non-hydrogen) atoms. The number of carbonyl (C=O) groups excluding carboxylic acids is 1. The average Bonchev–Trinajstić information content (AvgIpc) is 2.92. The molecule has 0 radical (unpaired) electrons. The zero-order valence-corrected chi connectivity index (χ0v) is 12.0. The van der Waals surface area contributed by atoms with Gasteiger partial charge in [0.05, 0.1) is 18.2 Å². The number of benzene rings is 1. The Hall–Kier alpha value is -1.44. The van der Waals surface area contributed by atoms with Crippen LogP contribution in [0.4, 0.5) is 4.39 Å². The van der Waals surface area contributed by atoms with Crippen molar-refractivity contribution in [2.24, 2.45) is 0 Å². The van der Waals surface area contributed by atoms with Crippen molar-refractivity contribution in [3.05, 3.63) is 29.6 Å². The first-order valence-corrected chi connectivity index (χ1v) is 7.09. The molecule has 114 valence electrons. The number of carbonyl (C=O) groups is 1. The molecule has 0 spiro atoms. The number of ether oxygens (including phenoxy) is 1. The second kappa shape index (κ2) is 7.02. The number of likely N-dealkylation sites (tertiary alicyclic amines) is 1. The lowest BCUT2D eigenvalue weighted by molar-refractivity contribution is 0.0561. The summed E-state index contributed by atoms with van der Waals surface area (Å²) in [5.74, 6) is -1.31. The van der Waals surface area contributed by atoms with Gasteiger partial charge in [0.15, 0.2) is 0 Å². The van der Waals surface area contributed by atoms with E-state index in [0.29, 0.717) is 19.8 Å². The fourth-order valence-corrected chi connectivity index (χ4v) is 2.60. The van der Waals surface area contributed by atoms with Gasteiger partial charge in [0.25, 0.3) is 5.91 Å². The Morgan fingerprint density at radius 3 is 2.95 bits per heavy atom. The van der Waals surface area contributed by atoms with Crippen LogP contribution in [0.15, 0.2) is 18.2 Å². The average molecular weight is 295 g/mol. The number of halogens is 1. The van der Waals surface area contributed by atoms with Crippen molar-refractivity contribution in [1.82, 2.24) is 4.90 Å². The number of nitrogens with zero attached hydrogens (tertiary/aromatic N) is 1. The Morgan fingerprint density at radius 2 is 2.29 bits per heavy atom. The molecule has 1 atom stereocenters. The van der Waals surface area contributed by atoms with Crippen molar-refractivity contribution >= 4 is 18.5 Å². The van der Waals surface area contributed by atoms with E-state index in [0.717, 1.165) is 12.8 Å². The molecule has 1 aromatic rings. The van der Waals surface area contributed by atoms with Crippen LogP contribution in [0.5, 0.6) is 0 Å². The van der Waals surface area contributed by atoms with Gasteiger partial charge in [0, 0.05) is 18.6 Å². The van der Waals surface area contributed by atoms with E-state index in [2.05, 4.69) is 0 Å². The monoisotopic (exact) mass is 295 g/mol. The second-order valence-corrected chi connectivity index (χ2v) is 5.04. The maximum Gasteiger partial charge on any atom is 0.491 e. The van der Waals surface area contributed by atoms with E-state index in [-0.39, 0.29) is 17.1 Å². The maximum atomic E-state index is 14.2. The third-order valence-electron chi connectivity index (χ3n) is 3.69. The van der Waals surface area contributed by atoms with Crippen LogP contribution in [0.1, 0.15) is 30.1 Å². The predicted octanol–water partition coefficient (Wildman–Crippen LogP) is 0.147. The molecule has 0 aliphatic carbocycles. The van der Waals surface area contributed by atoms with Crippen molar-refractivity contribution in [3.63, 3.8) is 0 Å². The molecule has 1 aliphatic heterocycles. The molecule has 0 aromatic heterocycles. The summed E-state index contributed by atoms with van der Waals surface area (Å²) in [4.78, 5) is 14.1. The Kier molecular flexibility index (Phi) is 5.33. The smallest absolute Gasteiger partial charge is 0.423 e. The fourth-order valence-electron chi connectivity index (χ4n) is 2.60. The minimum absolute atomic E-state index is 0.0560. The minimum atomic E-state index is -1.93. The molecule has 1 heterocycles. The summed E-state index contributed by atoms with van der Waals surface area (Å²) in [6.45, 7) is 3.44. The number of hydrogen-bond acceptors (Lipinski definition) is 4. The van der Waals surface area contributed by atoms with Gasteiger partial charge in [-0.3, -0.25) is 4.79 Å². The molecule has 2 N–H and O–H groups in total. The minimum Gasteiger partial charge on any atom is -0.423 e. The van der Waals surface area contributed by atoms with Gasteiger partial charge in [0.1, 0.15) is 5.82 Å². The third-order valence-corrected chi connectivity index (χ3v) is 3.69. The lowest BCUT2D eigenvalue weighted by Crippen LogP contribution is -2.40. The Labute approximate surface area is 123 Å². The summed E-state index contributed by atoms with van der Waals surface area (Å²) < 4.78 is 19.6. The van der Waals surface area contributed by atoms with E-state index < -0.39 is 18.8 Å². The van der Waals surface area contributed by atoms with Gasteiger partial charge in [-0.2, -0.15) is 0 Å². The summed E-state index contributed by atoms with van der Waals surface area (Å²) in [6, 6.07) is 4.00. The van der Waals surface area contributed by atoms with Crippen molar-refractivity contribution in [2.45, 2.75) is 25.8 Å². The van der Waals surface area contributed by atoms with Crippen LogP contribution in [0, 0.1) is 5.82 Å². The summed E-state index contributed by atoms with van der Waals surface area (Å²) in [5.41, 5.74) is -0.426. The highest BCUT2D eigenvalue weighted by atomic mass is 19.1. The molecule has 0 saturated carbocycles. The number of hydrogen-bond donors (Lipinski definition) is 2. The molecule has 0 unspecified atom stereocenters. The van der Waals surface area contributed by atoms with Crippen molar-refractivity contribution < 1.29 is 24.0 Å². The lowest BCUT2D eigenvalue weighted by Gasteiger charge is -2.25. The summed E-state index contributed by atoms with van der Waals surface area (Å²) in [7, 11) is -1.93. The SMILES string of the molecule is CCOC[C@H]1CCCN1C(=O)c1cccc(B(O)O)c1F. The first kappa shape index (κ1) is 15.9. The van der Waals surface area contributed by atoms with Crippen LogP contribution in [-0.4, -0.2) is 53.8 Å². The topological polar surface area (TPSA) is 70.0 Å². The largest absolute Gasteiger partial charge is 0.491 e. The van der Waals surface area contributed by atoms with Gasteiger partial charge >= 0.3 is 7.12 Å². The summed E-state index contributed by atoms with van der Waals surface area (Å²) in [5, 5.41) is 18.2. The Balaban J connectivity index is 2.21. The van der Waals surface area contributed by atoms with Gasteiger partial charge in [-0.1, -0.05) is 12.1 Å². The highest BCUT2D eigenvalue weighted by Crippen LogP contribution is 2.21. The zero-order chi connectivity index (χ0) is 15.4. The highest BCUT2D eigenvalue weighted by molar-refractivity contribution is 6.58. The second-order valence-electron chi connectivity index (χ2n) is 5.04. The van der Waals surface area contributed by atoms with E-state index in [1.165, 1.54) is 18.2 Å². The molecule has 2 rings (SSSR count). The van der Waals surface area contributed by atoms with Crippen molar-refractivity contribution in [3.8, 4) is 0 Å². The van der Waals surface area contributed by atoms with E-state index >= 15 is 0 Å². The van der Waals surface area contributed by atoms with Gasteiger partial charge < -0.3 is 19.7 Å². The fraction of sp³-hybridized carbons (Fsp3) is 0.500. The quantitative estimate of drug-likeness (QED) is 0.759. The summed E-state index contributed by atoms with van der Waals surface area (Å²) >= 11 is 0. The van der Waals surface area contributed by atoms with E-state index in [1.807, 2.05) is 6.92 Å². The van der Waals surface area contributed by atoms with Crippen LogP contribution in [-0.2, 0) is 4.74 Å². The molecule has 5 nitrogen and oxygen atoms in total. The highest BCUT2D eigenvalue weighted by Gasteiger charge is 2.32. The van der Waals surface area contributed by atoms with Crippen LogP contribution in [0.25, 0.3) is 0 Å². The normalized spacial score (nSPS) is 18.1. The standard InChI is InChI=1S/C14H19BFNO4/c1-2-21-9-10-5-4-8-17(10)14(18)11-6-3-7-12(13(11)16)15(19)20/h3,6-7,10,19-20H,2,4-5,8-9H2,1H3/t10-/m1/s1. The molecule has 1 aromatic carbocycles. The molecule has 0 bridgehead atoms. The molecular formula is C14H19BFNO4. The number of amides is 1. The van der Waals surface area contributed by atoms with E-state index in [1.54, 1.807) is 4.90 Å². The van der Waals surface area contributed by atoms with Crippen molar-refractivity contribution in [2.75, 3.05) is 19.8 Å². The number of rotatable bonds is 5. The van der Waals surface area contributed by atoms with Crippen LogP contribution in [0.3, 0.4) is 0 Å². The molecule has 1 saturated heterocycles. The Morgan fingerprint density at radius 1 is 1.52 bits per heavy atom. The Bertz CT molecular complexity index is 512. The molecular weight excluding hydrogens is 276 g/mol. The molecule has 1 fully saturated rings. The zero-order valence-electron chi connectivity index (χ0n) is 12.0. The lowest BCUT2D eigenvalue weighted by atomic mass is 9.79. The third kappa shape index (κ3) is 3.43. The van der Waals surface area contributed by atoms with Crippen molar-refractivity contribution in [1.29, 1.82) is 0 Å². The molecule has 1 amide bonds. The predicted molar refractivity (Wildman–Crippen MR) is 76.8 cm³/mol. The van der Waals surface area contributed by atoms with Crippen LogP contribution in [0.2, 0.25) is 0 Å². The molecule has 1 aliphatic rings. The summed E-state index contributed by atoms with van der Waals surface area (Å²) in [6.07, 6.45) is 1.68. The first-order valence-electron chi connectivity index (χ1n) is 7.09. The van der Waals surface area contributed by atoms with Gasteiger partial charge in [-0.15, -0.1) is 0 Å². The van der Waals surface area contributed by atoms with Gasteiger partial charge in [0.2, 0.25) is 0 Å². The van der Waals surface area contributed by atoms with Crippen LogP contribution < -0.4 is 5.46 Å². The molecule has 7 heteroatoms.